The van der Waals surface area contributed by atoms with Gasteiger partial charge in [0.1, 0.15) is 10.7 Å². The number of sulfonamides is 1. The quantitative estimate of drug-likeness (QED) is 0.928. The molecule has 0 saturated carbocycles. The van der Waals surface area contributed by atoms with Gasteiger partial charge in [0, 0.05) is 13.1 Å². The highest BCUT2D eigenvalue weighted by Gasteiger charge is 2.33. The fourth-order valence-corrected chi connectivity index (χ4v) is 4.51. The third kappa shape index (κ3) is 3.24. The van der Waals surface area contributed by atoms with E-state index in [1.165, 1.54) is 4.31 Å². The van der Waals surface area contributed by atoms with Gasteiger partial charge in [-0.2, -0.15) is 4.31 Å². The molecule has 0 bridgehead atoms. The van der Waals surface area contributed by atoms with E-state index < -0.39 is 26.7 Å². The van der Waals surface area contributed by atoms with Crippen LogP contribution >= 0.6 is 0 Å². The highest BCUT2D eigenvalue weighted by Crippen LogP contribution is 2.28. The number of carbonyl (C=O) groups is 1. The molecule has 0 aromatic heterocycles. The number of hydrogen-bond donors (Lipinski definition) is 1. The number of halogens is 1. The van der Waals surface area contributed by atoms with Crippen LogP contribution in [-0.2, 0) is 10.0 Å². The Hall–Kier alpha value is -1.47. The van der Waals surface area contributed by atoms with Crippen molar-refractivity contribution in [2.45, 2.75) is 25.2 Å². The first-order valence-corrected chi connectivity index (χ1v) is 8.18. The highest BCUT2D eigenvalue weighted by molar-refractivity contribution is 7.89. The van der Waals surface area contributed by atoms with E-state index in [2.05, 4.69) is 0 Å². The van der Waals surface area contributed by atoms with Crippen LogP contribution in [0.15, 0.2) is 23.1 Å². The second-order valence-electron chi connectivity index (χ2n) is 5.72. The Balaban J connectivity index is 2.37. The Morgan fingerprint density at radius 1 is 1.29 bits per heavy atom. The lowest BCUT2D eigenvalue weighted by molar-refractivity contribution is 0.0696. The van der Waals surface area contributed by atoms with Crippen LogP contribution in [0.3, 0.4) is 0 Å². The lowest BCUT2D eigenvalue weighted by Gasteiger charge is -2.34. The minimum absolute atomic E-state index is 0.213. The standard InChI is InChI=1S/C14H18FNO4S/c1-9-5-10(2)8-16(7-9)21(19,20)13-4-3-11(14(17)18)6-12(13)15/h3-4,6,9-10H,5,7-8H2,1-2H3,(H,17,18). The van der Waals surface area contributed by atoms with E-state index in [0.29, 0.717) is 13.1 Å². The lowest BCUT2D eigenvalue weighted by atomic mass is 9.94. The molecule has 1 fully saturated rings. The zero-order chi connectivity index (χ0) is 15.8. The van der Waals surface area contributed by atoms with Crippen LogP contribution in [0.1, 0.15) is 30.6 Å². The highest BCUT2D eigenvalue weighted by atomic mass is 32.2. The van der Waals surface area contributed by atoms with Crippen LogP contribution in [0.5, 0.6) is 0 Å². The number of rotatable bonds is 3. The van der Waals surface area contributed by atoms with Crippen LogP contribution in [-0.4, -0.2) is 36.9 Å². The third-order valence-corrected chi connectivity index (χ3v) is 5.50. The van der Waals surface area contributed by atoms with Crippen LogP contribution < -0.4 is 0 Å². The van der Waals surface area contributed by atoms with E-state index >= 15 is 0 Å². The molecule has 7 heteroatoms. The number of benzene rings is 1. The van der Waals surface area contributed by atoms with Crippen molar-refractivity contribution in [1.29, 1.82) is 0 Å². The van der Waals surface area contributed by atoms with Crippen LogP contribution in [0, 0.1) is 17.7 Å². The van der Waals surface area contributed by atoms with Crippen molar-refractivity contribution in [1.82, 2.24) is 4.31 Å². The summed E-state index contributed by atoms with van der Waals surface area (Å²) in [5, 5.41) is 8.79. The molecule has 116 valence electrons. The number of carboxylic acid groups (broad SMARTS) is 1. The molecule has 2 atom stereocenters. The summed E-state index contributed by atoms with van der Waals surface area (Å²) in [5.41, 5.74) is -0.271. The summed E-state index contributed by atoms with van der Waals surface area (Å²) in [5.74, 6) is -1.89. The zero-order valence-corrected chi connectivity index (χ0v) is 12.7. The fourth-order valence-electron chi connectivity index (χ4n) is 2.78. The Morgan fingerprint density at radius 2 is 1.86 bits per heavy atom. The molecule has 0 spiro atoms. The van der Waals surface area contributed by atoms with Crippen molar-refractivity contribution in [3.8, 4) is 0 Å². The third-order valence-electron chi connectivity index (χ3n) is 3.63. The van der Waals surface area contributed by atoms with Crippen molar-refractivity contribution >= 4 is 16.0 Å². The maximum absolute atomic E-state index is 14.0. The summed E-state index contributed by atoms with van der Waals surface area (Å²) in [6.45, 7) is 4.63. The van der Waals surface area contributed by atoms with E-state index in [1.807, 2.05) is 13.8 Å². The molecule has 1 aliphatic heterocycles. The Bertz CT molecular complexity index is 649. The van der Waals surface area contributed by atoms with Crippen molar-refractivity contribution in [3.63, 3.8) is 0 Å². The first-order chi connectivity index (χ1) is 9.71. The van der Waals surface area contributed by atoms with E-state index in [9.17, 15) is 17.6 Å². The normalized spacial score (nSPS) is 24.0. The molecule has 2 rings (SSSR count). The van der Waals surface area contributed by atoms with Crippen molar-refractivity contribution in [2.75, 3.05) is 13.1 Å². The number of nitrogens with zero attached hydrogens (tertiary/aromatic N) is 1. The fraction of sp³-hybridized carbons (Fsp3) is 0.500. The molecule has 2 unspecified atom stereocenters. The molecular formula is C14H18FNO4S. The van der Waals surface area contributed by atoms with Gasteiger partial charge in [-0.3, -0.25) is 0 Å². The smallest absolute Gasteiger partial charge is 0.335 e. The maximum atomic E-state index is 14.0. The van der Waals surface area contributed by atoms with Crippen LogP contribution in [0.4, 0.5) is 4.39 Å². The number of hydrogen-bond acceptors (Lipinski definition) is 3. The molecule has 0 radical (unpaired) electrons. The maximum Gasteiger partial charge on any atom is 0.335 e. The molecule has 1 heterocycles. The predicted octanol–water partition coefficient (Wildman–Crippen LogP) is 2.19. The van der Waals surface area contributed by atoms with Gasteiger partial charge in [-0.15, -0.1) is 0 Å². The molecule has 5 nitrogen and oxygen atoms in total. The summed E-state index contributed by atoms with van der Waals surface area (Å²) < 4.78 is 40.3. The molecular weight excluding hydrogens is 297 g/mol. The van der Waals surface area contributed by atoms with Gasteiger partial charge in [-0.1, -0.05) is 13.8 Å². The van der Waals surface area contributed by atoms with Crippen molar-refractivity contribution in [3.05, 3.63) is 29.6 Å². The van der Waals surface area contributed by atoms with Gasteiger partial charge in [0.15, 0.2) is 0 Å². The second-order valence-corrected chi connectivity index (χ2v) is 7.62. The summed E-state index contributed by atoms with van der Waals surface area (Å²) in [6, 6.07) is 2.87. The SMILES string of the molecule is CC1CC(C)CN(S(=O)(=O)c2ccc(C(=O)O)cc2F)C1. The van der Waals surface area contributed by atoms with Crippen molar-refractivity contribution in [2.24, 2.45) is 11.8 Å². The van der Waals surface area contributed by atoms with Gasteiger partial charge in [0.25, 0.3) is 0 Å². The van der Waals surface area contributed by atoms with Gasteiger partial charge in [0.2, 0.25) is 10.0 Å². The predicted molar refractivity (Wildman–Crippen MR) is 75.1 cm³/mol. The van der Waals surface area contributed by atoms with Crippen LogP contribution in [0.2, 0.25) is 0 Å². The van der Waals surface area contributed by atoms with Crippen molar-refractivity contribution < 1.29 is 22.7 Å². The van der Waals surface area contributed by atoms with Gasteiger partial charge in [-0.25, -0.2) is 17.6 Å². The molecule has 0 amide bonds. The minimum Gasteiger partial charge on any atom is -0.478 e. The number of carboxylic acids is 1. The monoisotopic (exact) mass is 315 g/mol. The van der Waals surface area contributed by atoms with E-state index in [-0.39, 0.29) is 17.4 Å². The molecule has 1 aromatic carbocycles. The van der Waals surface area contributed by atoms with E-state index in [0.717, 1.165) is 24.6 Å². The van der Waals surface area contributed by atoms with Gasteiger partial charge < -0.3 is 5.11 Å². The van der Waals surface area contributed by atoms with E-state index in [4.69, 9.17) is 5.11 Å². The molecule has 0 aliphatic carbocycles. The Morgan fingerprint density at radius 3 is 2.33 bits per heavy atom. The summed E-state index contributed by atoms with van der Waals surface area (Å²) in [4.78, 5) is 10.3. The molecule has 1 saturated heterocycles. The first-order valence-electron chi connectivity index (χ1n) is 6.74. The molecule has 1 aliphatic rings. The Labute approximate surface area is 123 Å². The van der Waals surface area contributed by atoms with E-state index in [1.54, 1.807) is 0 Å². The number of aromatic carboxylic acids is 1. The topological polar surface area (TPSA) is 74.7 Å². The summed E-state index contributed by atoms with van der Waals surface area (Å²) in [6.07, 6.45) is 0.937. The summed E-state index contributed by atoms with van der Waals surface area (Å²) >= 11 is 0. The molecule has 1 N–H and O–H groups in total. The first kappa shape index (κ1) is 15.9. The van der Waals surface area contributed by atoms with Gasteiger partial charge >= 0.3 is 5.97 Å². The average Bonchev–Trinajstić information content (AvgIpc) is 2.36. The molecule has 21 heavy (non-hydrogen) atoms. The van der Waals surface area contributed by atoms with Crippen LogP contribution in [0.25, 0.3) is 0 Å². The lowest BCUT2D eigenvalue weighted by Crippen LogP contribution is -2.42. The average molecular weight is 315 g/mol. The molecule has 1 aromatic rings. The summed E-state index contributed by atoms with van der Waals surface area (Å²) in [7, 11) is -3.94. The number of piperidine rings is 1. The Kier molecular flexibility index (Phi) is 4.34. The van der Waals surface area contributed by atoms with Gasteiger partial charge in [0.05, 0.1) is 5.56 Å². The largest absolute Gasteiger partial charge is 0.478 e. The zero-order valence-electron chi connectivity index (χ0n) is 11.9. The minimum atomic E-state index is -3.94. The van der Waals surface area contributed by atoms with Gasteiger partial charge in [-0.05, 0) is 36.5 Å². The second kappa shape index (κ2) is 5.73.